The van der Waals surface area contributed by atoms with E-state index in [1.54, 1.807) is 18.2 Å². The second-order valence-electron chi connectivity index (χ2n) is 9.76. The fourth-order valence-electron chi connectivity index (χ4n) is 5.12. The monoisotopic (exact) mass is 568 g/mol. The molecule has 1 atom stereocenters. The van der Waals surface area contributed by atoms with Crippen molar-refractivity contribution in [2.24, 2.45) is 0 Å². The van der Waals surface area contributed by atoms with E-state index in [0.29, 0.717) is 16.6 Å². The van der Waals surface area contributed by atoms with Gasteiger partial charge in [-0.25, -0.2) is 8.78 Å². The number of rotatable bonds is 9. The maximum absolute atomic E-state index is 14.9. The molecule has 2 aromatic heterocycles. The molecular weight excluding hydrogens is 538 g/mol. The summed E-state index contributed by atoms with van der Waals surface area (Å²) in [5.41, 5.74) is 1.42. The van der Waals surface area contributed by atoms with Crippen molar-refractivity contribution in [3.8, 4) is 11.5 Å². The van der Waals surface area contributed by atoms with Crippen molar-refractivity contribution in [2.75, 3.05) is 51.8 Å². The number of nitrogens with zero attached hydrogens (tertiary/aromatic N) is 4. The molecule has 5 rings (SSSR count). The van der Waals surface area contributed by atoms with E-state index in [9.17, 15) is 24.0 Å². The Bertz CT molecular complexity index is 1560. The topological polar surface area (TPSA) is 114 Å². The van der Waals surface area contributed by atoms with Gasteiger partial charge >= 0.3 is 0 Å². The molecule has 1 fully saturated rings. The Kier molecular flexibility index (Phi) is 8.04. The first-order valence-corrected chi connectivity index (χ1v) is 13.1. The molecule has 0 radical (unpaired) electrons. The van der Waals surface area contributed by atoms with Gasteiger partial charge in [0.15, 0.2) is 28.7 Å². The minimum absolute atomic E-state index is 0.00328. The minimum Gasteiger partial charge on any atom is -0.494 e. The van der Waals surface area contributed by atoms with E-state index in [0.717, 1.165) is 44.5 Å². The largest absolute Gasteiger partial charge is 0.494 e. The summed E-state index contributed by atoms with van der Waals surface area (Å²) < 4.78 is 45.4. The standard InChI is InChI=1S/C29H30F2N4O6/c1-4-33-7-9-34(10-8-33)20-6-5-17(21(14-20)35(37)38)11-19-12-18-13-24(41-25(18)16-32-19)29(36)26-27(30)22(39-2)15-23(40-3)28(26)31/h5-6,12-16,29,36H,4,7-11H2,1-3H3. The van der Waals surface area contributed by atoms with Crippen molar-refractivity contribution in [1.29, 1.82) is 0 Å². The normalized spacial score (nSPS) is 14.8. The third-order valence-electron chi connectivity index (χ3n) is 7.45. The van der Waals surface area contributed by atoms with Gasteiger partial charge in [-0.2, -0.15) is 0 Å². The number of aliphatic hydroxyl groups is 1. The molecule has 1 saturated heterocycles. The van der Waals surface area contributed by atoms with Crippen LogP contribution in [0, 0.1) is 21.7 Å². The fourth-order valence-corrected chi connectivity index (χ4v) is 5.12. The van der Waals surface area contributed by atoms with Crippen LogP contribution in [-0.4, -0.2) is 66.9 Å². The summed E-state index contributed by atoms with van der Waals surface area (Å²) >= 11 is 0. The SMILES string of the molecule is CCN1CCN(c2ccc(Cc3cc4cc(C(O)c5c(F)c(OC)cc(OC)c5F)oc4cn3)c([N+](=O)[O-])c2)CC1. The first kappa shape index (κ1) is 28.2. The first-order chi connectivity index (χ1) is 19.7. The Morgan fingerprint density at radius 3 is 2.37 bits per heavy atom. The third-order valence-corrected chi connectivity index (χ3v) is 7.45. The summed E-state index contributed by atoms with van der Waals surface area (Å²) in [6.45, 7) is 6.50. The maximum atomic E-state index is 14.9. The molecule has 0 saturated carbocycles. The Balaban J connectivity index is 1.41. The molecule has 10 nitrogen and oxygen atoms in total. The number of anilines is 1. The highest BCUT2D eigenvalue weighted by Crippen LogP contribution is 2.38. The molecule has 2 aromatic carbocycles. The number of furan rings is 1. The number of hydrogen-bond acceptors (Lipinski definition) is 9. The van der Waals surface area contributed by atoms with Gasteiger partial charge in [0.1, 0.15) is 11.9 Å². The van der Waals surface area contributed by atoms with Gasteiger partial charge in [0.05, 0.1) is 30.9 Å². The van der Waals surface area contributed by atoms with Crippen molar-refractivity contribution in [2.45, 2.75) is 19.4 Å². The summed E-state index contributed by atoms with van der Waals surface area (Å²) in [7, 11) is 2.43. The molecule has 12 heteroatoms. The number of aromatic nitrogens is 1. The van der Waals surface area contributed by atoms with E-state index in [2.05, 4.69) is 21.7 Å². The van der Waals surface area contributed by atoms with Crippen LogP contribution in [0.15, 0.2) is 47.0 Å². The van der Waals surface area contributed by atoms with Crippen molar-refractivity contribution in [3.05, 3.63) is 86.9 Å². The average molecular weight is 569 g/mol. The number of piperazine rings is 1. The third kappa shape index (κ3) is 5.52. The molecule has 3 heterocycles. The summed E-state index contributed by atoms with van der Waals surface area (Å²) in [5, 5.41) is 23.3. The van der Waals surface area contributed by atoms with Gasteiger partial charge < -0.3 is 28.8 Å². The lowest BCUT2D eigenvalue weighted by molar-refractivity contribution is -0.385. The lowest BCUT2D eigenvalue weighted by Crippen LogP contribution is -2.46. The predicted octanol–water partition coefficient (Wildman–Crippen LogP) is 4.85. The number of halogens is 2. The van der Waals surface area contributed by atoms with Crippen LogP contribution >= 0.6 is 0 Å². The number of nitro groups is 1. The zero-order valence-corrected chi connectivity index (χ0v) is 22.9. The molecule has 1 N–H and O–H groups in total. The number of nitro benzene ring substituents is 1. The van der Waals surface area contributed by atoms with Crippen LogP contribution in [0.4, 0.5) is 20.2 Å². The van der Waals surface area contributed by atoms with Crippen LogP contribution in [0.25, 0.3) is 11.0 Å². The quantitative estimate of drug-likeness (QED) is 0.224. The van der Waals surface area contributed by atoms with Crippen molar-refractivity contribution >= 4 is 22.3 Å². The molecule has 4 aromatic rings. The van der Waals surface area contributed by atoms with Gasteiger partial charge in [0.2, 0.25) is 0 Å². The lowest BCUT2D eigenvalue weighted by Gasteiger charge is -2.35. The van der Waals surface area contributed by atoms with Crippen molar-refractivity contribution in [1.82, 2.24) is 9.88 Å². The minimum atomic E-state index is -1.80. The van der Waals surface area contributed by atoms with Gasteiger partial charge in [-0.15, -0.1) is 0 Å². The number of likely N-dealkylation sites (N-methyl/N-ethyl adjacent to an activating group) is 1. The fraction of sp³-hybridized carbons (Fsp3) is 0.345. The van der Waals surface area contributed by atoms with Crippen molar-refractivity contribution in [3.63, 3.8) is 0 Å². The van der Waals surface area contributed by atoms with E-state index >= 15 is 0 Å². The molecule has 0 aliphatic carbocycles. The number of aliphatic hydroxyl groups excluding tert-OH is 1. The van der Waals surface area contributed by atoms with Gasteiger partial charge in [-0.05, 0) is 30.8 Å². The number of pyridine rings is 1. The van der Waals surface area contributed by atoms with Crippen LogP contribution < -0.4 is 14.4 Å². The highest BCUT2D eigenvalue weighted by Gasteiger charge is 2.29. The summed E-state index contributed by atoms with van der Waals surface area (Å²) in [5.74, 6) is -2.88. The maximum Gasteiger partial charge on any atom is 0.275 e. The number of methoxy groups -OCH3 is 2. The second kappa shape index (κ2) is 11.7. The lowest BCUT2D eigenvalue weighted by atomic mass is 10.0. The Labute approximate surface area is 234 Å². The van der Waals surface area contributed by atoms with Crippen molar-refractivity contribution < 1.29 is 32.7 Å². The van der Waals surface area contributed by atoms with Gasteiger partial charge in [0.25, 0.3) is 5.69 Å². The number of ether oxygens (including phenoxy) is 2. The highest BCUT2D eigenvalue weighted by atomic mass is 19.1. The van der Waals surface area contributed by atoms with Gasteiger partial charge in [0, 0.05) is 67.1 Å². The summed E-state index contributed by atoms with van der Waals surface area (Å²) in [6, 6.07) is 9.40. The molecule has 1 aliphatic heterocycles. The number of fused-ring (bicyclic) bond motifs is 1. The van der Waals surface area contributed by atoms with Crippen LogP contribution in [0.1, 0.15) is 35.6 Å². The molecule has 0 spiro atoms. The Hall–Kier alpha value is -4.29. The zero-order valence-electron chi connectivity index (χ0n) is 22.9. The van der Waals surface area contributed by atoms with Gasteiger partial charge in [-0.1, -0.05) is 6.92 Å². The van der Waals surface area contributed by atoms with E-state index < -0.39 is 28.2 Å². The number of hydrogen-bond donors (Lipinski definition) is 1. The molecule has 41 heavy (non-hydrogen) atoms. The van der Waals surface area contributed by atoms with Crippen LogP contribution in [0.3, 0.4) is 0 Å². The smallest absolute Gasteiger partial charge is 0.275 e. The first-order valence-electron chi connectivity index (χ1n) is 13.1. The zero-order chi connectivity index (χ0) is 29.3. The van der Waals surface area contributed by atoms with Crippen LogP contribution in [-0.2, 0) is 6.42 Å². The average Bonchev–Trinajstić information content (AvgIpc) is 3.41. The Morgan fingerprint density at radius 1 is 1.07 bits per heavy atom. The molecule has 0 amide bonds. The van der Waals surface area contributed by atoms with E-state index in [-0.39, 0.29) is 35.0 Å². The van der Waals surface area contributed by atoms with Crippen LogP contribution in [0.2, 0.25) is 0 Å². The van der Waals surface area contributed by atoms with Crippen LogP contribution in [0.5, 0.6) is 11.5 Å². The van der Waals surface area contributed by atoms with Gasteiger partial charge in [-0.3, -0.25) is 15.1 Å². The Morgan fingerprint density at radius 2 is 1.76 bits per heavy atom. The molecular formula is C29H30F2N4O6. The molecule has 1 aliphatic rings. The predicted molar refractivity (Wildman–Crippen MR) is 148 cm³/mol. The summed E-state index contributed by atoms with van der Waals surface area (Å²) in [4.78, 5) is 20.4. The highest BCUT2D eigenvalue weighted by molar-refractivity contribution is 5.78. The molecule has 0 bridgehead atoms. The summed E-state index contributed by atoms with van der Waals surface area (Å²) in [6.07, 6.45) is -0.217. The van der Waals surface area contributed by atoms with E-state index in [1.807, 2.05) is 6.07 Å². The molecule has 216 valence electrons. The second-order valence-corrected chi connectivity index (χ2v) is 9.76. The van der Waals surface area contributed by atoms with E-state index in [4.69, 9.17) is 13.9 Å². The molecule has 1 unspecified atom stereocenters. The number of benzene rings is 2. The van der Waals surface area contributed by atoms with E-state index in [1.165, 1.54) is 26.5 Å².